The molecular weight excluding hydrogens is 338 g/mol. The summed E-state index contributed by atoms with van der Waals surface area (Å²) in [5.41, 5.74) is 1.36. The van der Waals surface area contributed by atoms with Gasteiger partial charge in [-0.1, -0.05) is 31.7 Å². The molecule has 5 heteroatoms. The van der Waals surface area contributed by atoms with Gasteiger partial charge in [-0.25, -0.2) is 0 Å². The van der Waals surface area contributed by atoms with Gasteiger partial charge < -0.3 is 10.6 Å². The molecule has 0 radical (unpaired) electrons. The van der Waals surface area contributed by atoms with Gasteiger partial charge in [-0.3, -0.25) is 14.5 Å². The van der Waals surface area contributed by atoms with Crippen LogP contribution in [-0.2, 0) is 4.79 Å². The molecule has 2 aliphatic heterocycles. The first-order valence-corrected chi connectivity index (χ1v) is 10.7. The molecule has 2 unspecified atom stereocenters. The van der Waals surface area contributed by atoms with Crippen molar-refractivity contribution >= 4 is 17.5 Å². The molecule has 2 atom stereocenters. The molecule has 0 spiro atoms. The predicted octanol–water partition coefficient (Wildman–Crippen LogP) is 3.56. The number of rotatable bonds is 4. The lowest BCUT2D eigenvalue weighted by Gasteiger charge is -2.32. The van der Waals surface area contributed by atoms with Crippen LogP contribution in [-0.4, -0.2) is 41.9 Å². The minimum absolute atomic E-state index is 0.0267. The topological polar surface area (TPSA) is 61.4 Å². The number of anilines is 1. The lowest BCUT2D eigenvalue weighted by atomic mass is 9.88. The zero-order valence-electron chi connectivity index (χ0n) is 16.1. The Bertz CT molecular complexity index is 684. The van der Waals surface area contributed by atoms with E-state index in [9.17, 15) is 9.59 Å². The fraction of sp³-hybridized carbons (Fsp3) is 0.636. The largest absolute Gasteiger partial charge is 0.348 e. The van der Waals surface area contributed by atoms with E-state index in [1.807, 2.05) is 24.3 Å². The maximum absolute atomic E-state index is 12.8. The summed E-state index contributed by atoms with van der Waals surface area (Å²) in [6.45, 7) is 2.26. The number of nitrogens with one attached hydrogen (secondary N) is 2. The number of hydrogen-bond donors (Lipinski definition) is 2. The number of piperidine rings is 1. The SMILES string of the molecule is O=C(NC1CCN2CCCCC12)c1cccc(NC(=O)C2CCCCC2)c1. The monoisotopic (exact) mass is 369 g/mol. The Morgan fingerprint density at radius 3 is 2.59 bits per heavy atom. The van der Waals surface area contributed by atoms with Crippen molar-refractivity contribution < 1.29 is 9.59 Å². The van der Waals surface area contributed by atoms with Crippen molar-refractivity contribution in [1.82, 2.24) is 10.2 Å². The summed E-state index contributed by atoms with van der Waals surface area (Å²) in [7, 11) is 0. The lowest BCUT2D eigenvalue weighted by Crippen LogP contribution is -2.46. The molecule has 3 aliphatic rings. The molecule has 1 aromatic rings. The third kappa shape index (κ3) is 4.34. The van der Waals surface area contributed by atoms with Crippen LogP contribution in [0.25, 0.3) is 0 Å². The molecule has 1 saturated carbocycles. The smallest absolute Gasteiger partial charge is 0.251 e. The maximum atomic E-state index is 12.8. The van der Waals surface area contributed by atoms with Crippen LogP contribution < -0.4 is 10.6 Å². The van der Waals surface area contributed by atoms with E-state index < -0.39 is 0 Å². The molecule has 146 valence electrons. The van der Waals surface area contributed by atoms with Crippen molar-refractivity contribution in [2.45, 2.75) is 69.9 Å². The van der Waals surface area contributed by atoms with Crippen LogP contribution >= 0.6 is 0 Å². The molecule has 2 N–H and O–H groups in total. The molecule has 3 fully saturated rings. The van der Waals surface area contributed by atoms with E-state index >= 15 is 0 Å². The second kappa shape index (κ2) is 8.42. The minimum atomic E-state index is -0.0267. The highest BCUT2D eigenvalue weighted by molar-refractivity contribution is 5.97. The van der Waals surface area contributed by atoms with Crippen LogP contribution in [0.2, 0.25) is 0 Å². The van der Waals surface area contributed by atoms with E-state index in [4.69, 9.17) is 0 Å². The average molecular weight is 370 g/mol. The molecule has 1 aliphatic carbocycles. The summed E-state index contributed by atoms with van der Waals surface area (Å²) in [4.78, 5) is 27.8. The highest BCUT2D eigenvalue weighted by atomic mass is 16.2. The van der Waals surface area contributed by atoms with E-state index in [1.54, 1.807) is 0 Å². The van der Waals surface area contributed by atoms with Gasteiger partial charge in [0.05, 0.1) is 0 Å². The highest BCUT2D eigenvalue weighted by Gasteiger charge is 2.36. The second-order valence-electron chi connectivity index (χ2n) is 8.37. The first-order valence-electron chi connectivity index (χ1n) is 10.7. The number of fused-ring (bicyclic) bond motifs is 1. The van der Waals surface area contributed by atoms with Gasteiger partial charge in [0, 0.05) is 35.8 Å². The van der Waals surface area contributed by atoms with Crippen LogP contribution in [0.1, 0.15) is 68.1 Å². The Balaban J connectivity index is 1.36. The first-order chi connectivity index (χ1) is 13.2. The number of amides is 2. The summed E-state index contributed by atoms with van der Waals surface area (Å²) < 4.78 is 0. The standard InChI is InChI=1S/C22H31N3O2/c26-21(16-7-2-1-3-8-16)23-18-10-6-9-17(15-18)22(27)24-19-12-14-25-13-5-4-11-20(19)25/h6,9-10,15-16,19-20H,1-5,7-8,11-14H2,(H,23,26)(H,24,27). The van der Waals surface area contributed by atoms with Gasteiger partial charge in [-0.2, -0.15) is 0 Å². The van der Waals surface area contributed by atoms with Crippen LogP contribution in [0.15, 0.2) is 24.3 Å². The summed E-state index contributed by atoms with van der Waals surface area (Å²) in [6, 6.07) is 8.11. The van der Waals surface area contributed by atoms with Crippen LogP contribution in [0, 0.1) is 5.92 Å². The first kappa shape index (κ1) is 18.5. The molecule has 1 aromatic carbocycles. The van der Waals surface area contributed by atoms with Crippen molar-refractivity contribution in [3.8, 4) is 0 Å². The number of nitrogens with zero attached hydrogens (tertiary/aromatic N) is 1. The molecule has 5 nitrogen and oxygen atoms in total. The maximum Gasteiger partial charge on any atom is 0.251 e. The van der Waals surface area contributed by atoms with Crippen molar-refractivity contribution in [1.29, 1.82) is 0 Å². The molecule has 2 heterocycles. The number of carbonyl (C=O) groups excluding carboxylic acids is 2. The van der Waals surface area contributed by atoms with Gasteiger partial charge >= 0.3 is 0 Å². The van der Waals surface area contributed by atoms with E-state index in [-0.39, 0.29) is 23.8 Å². The minimum Gasteiger partial charge on any atom is -0.348 e. The number of hydrogen-bond acceptors (Lipinski definition) is 3. The zero-order chi connectivity index (χ0) is 18.6. The lowest BCUT2D eigenvalue weighted by molar-refractivity contribution is -0.120. The quantitative estimate of drug-likeness (QED) is 0.853. The normalized spacial score (nSPS) is 26.4. The van der Waals surface area contributed by atoms with Gasteiger partial charge in [0.15, 0.2) is 0 Å². The highest BCUT2D eigenvalue weighted by Crippen LogP contribution is 2.28. The van der Waals surface area contributed by atoms with Crippen LogP contribution in [0.4, 0.5) is 5.69 Å². The van der Waals surface area contributed by atoms with Crippen molar-refractivity contribution in [2.75, 3.05) is 18.4 Å². The number of carbonyl (C=O) groups is 2. The second-order valence-corrected chi connectivity index (χ2v) is 8.37. The molecule has 0 bridgehead atoms. The van der Waals surface area contributed by atoms with Crippen molar-refractivity contribution in [2.24, 2.45) is 5.92 Å². The fourth-order valence-electron chi connectivity index (χ4n) is 5.01. The molecule has 0 aromatic heterocycles. The summed E-state index contributed by atoms with van der Waals surface area (Å²) in [5.74, 6) is 0.189. The van der Waals surface area contributed by atoms with Crippen LogP contribution in [0.5, 0.6) is 0 Å². The third-order valence-corrected chi connectivity index (χ3v) is 6.54. The molecule has 2 saturated heterocycles. The molecule has 4 rings (SSSR count). The van der Waals surface area contributed by atoms with Crippen LogP contribution in [0.3, 0.4) is 0 Å². The Morgan fingerprint density at radius 2 is 1.74 bits per heavy atom. The van der Waals surface area contributed by atoms with E-state index in [0.29, 0.717) is 11.6 Å². The van der Waals surface area contributed by atoms with Gasteiger partial charge in [0.2, 0.25) is 5.91 Å². The Kier molecular flexibility index (Phi) is 5.77. The Labute approximate surface area is 161 Å². The average Bonchev–Trinajstić information content (AvgIpc) is 3.12. The van der Waals surface area contributed by atoms with E-state index in [0.717, 1.165) is 44.3 Å². The molecule has 2 amide bonds. The molecular formula is C22H31N3O2. The van der Waals surface area contributed by atoms with Gasteiger partial charge in [-0.05, 0) is 56.8 Å². The van der Waals surface area contributed by atoms with Crippen molar-refractivity contribution in [3.05, 3.63) is 29.8 Å². The van der Waals surface area contributed by atoms with Gasteiger partial charge in [-0.15, -0.1) is 0 Å². The fourth-order valence-corrected chi connectivity index (χ4v) is 5.01. The van der Waals surface area contributed by atoms with Gasteiger partial charge in [0.1, 0.15) is 0 Å². The van der Waals surface area contributed by atoms with E-state index in [2.05, 4.69) is 15.5 Å². The number of benzene rings is 1. The van der Waals surface area contributed by atoms with E-state index in [1.165, 1.54) is 32.2 Å². The third-order valence-electron chi connectivity index (χ3n) is 6.54. The summed E-state index contributed by atoms with van der Waals surface area (Å²) in [6.07, 6.45) is 10.2. The predicted molar refractivity (Wildman–Crippen MR) is 107 cm³/mol. The van der Waals surface area contributed by atoms with Gasteiger partial charge in [0.25, 0.3) is 5.91 Å². The summed E-state index contributed by atoms with van der Waals surface area (Å²) in [5, 5.41) is 6.26. The Morgan fingerprint density at radius 1 is 0.926 bits per heavy atom. The van der Waals surface area contributed by atoms with Crippen molar-refractivity contribution in [3.63, 3.8) is 0 Å². The zero-order valence-corrected chi connectivity index (χ0v) is 16.1. The molecule has 27 heavy (non-hydrogen) atoms. The summed E-state index contributed by atoms with van der Waals surface area (Å²) >= 11 is 0. The Hall–Kier alpha value is -1.88.